The Labute approximate surface area is 187 Å². The van der Waals surface area contributed by atoms with Gasteiger partial charge in [0.15, 0.2) is 5.52 Å². The van der Waals surface area contributed by atoms with E-state index >= 15 is 0 Å². The largest absolute Gasteiger partial charge is 0.338 e. The van der Waals surface area contributed by atoms with Crippen LogP contribution in [0.3, 0.4) is 0 Å². The summed E-state index contributed by atoms with van der Waals surface area (Å²) >= 11 is 0. The summed E-state index contributed by atoms with van der Waals surface area (Å²) < 4.78 is 3.37. The number of aromatic nitrogens is 7. The van der Waals surface area contributed by atoms with Gasteiger partial charge in [0.1, 0.15) is 18.2 Å². The second-order valence-electron chi connectivity index (χ2n) is 8.31. The molecule has 0 bridgehead atoms. The van der Waals surface area contributed by atoms with E-state index in [-0.39, 0.29) is 5.56 Å². The molecule has 1 atom stereocenters. The summed E-state index contributed by atoms with van der Waals surface area (Å²) in [5.41, 5.74) is 3.97. The van der Waals surface area contributed by atoms with Crippen molar-refractivity contribution >= 4 is 17.0 Å². The summed E-state index contributed by atoms with van der Waals surface area (Å²) in [5, 5.41) is 8.77. The van der Waals surface area contributed by atoms with E-state index in [0.717, 1.165) is 42.8 Å². The Bertz CT molecular complexity index is 1240. The van der Waals surface area contributed by atoms with Crippen LogP contribution in [0.1, 0.15) is 44.9 Å². The maximum Gasteiger partial charge on any atom is 0.278 e. The number of aromatic amines is 1. The van der Waals surface area contributed by atoms with E-state index in [1.54, 1.807) is 22.7 Å². The highest BCUT2D eigenvalue weighted by molar-refractivity contribution is 5.77. The average Bonchev–Trinajstić information content (AvgIpc) is 3.42. The van der Waals surface area contributed by atoms with E-state index in [9.17, 15) is 4.79 Å². The van der Waals surface area contributed by atoms with Gasteiger partial charge in [0, 0.05) is 20.1 Å². The lowest BCUT2D eigenvalue weighted by molar-refractivity contribution is 0.536. The van der Waals surface area contributed by atoms with Gasteiger partial charge in [-0.2, -0.15) is 10.2 Å². The van der Waals surface area contributed by atoms with Gasteiger partial charge in [-0.25, -0.2) is 14.6 Å². The third-order valence-electron chi connectivity index (χ3n) is 5.73. The number of rotatable bonds is 9. The zero-order chi connectivity index (χ0) is 22.7. The van der Waals surface area contributed by atoms with Crippen molar-refractivity contribution in [1.82, 2.24) is 34.5 Å². The molecule has 3 heterocycles. The van der Waals surface area contributed by atoms with Crippen LogP contribution < -0.4 is 10.5 Å². The van der Waals surface area contributed by atoms with Crippen LogP contribution in [0.4, 0.5) is 5.95 Å². The number of H-pyrrole nitrogens is 1. The van der Waals surface area contributed by atoms with Gasteiger partial charge in [0.25, 0.3) is 5.56 Å². The molecule has 0 aliphatic heterocycles. The van der Waals surface area contributed by atoms with Crippen LogP contribution in [0.2, 0.25) is 0 Å². The van der Waals surface area contributed by atoms with E-state index in [0.29, 0.717) is 29.4 Å². The summed E-state index contributed by atoms with van der Waals surface area (Å²) in [6.45, 7) is 7.88. The second kappa shape index (κ2) is 9.33. The molecule has 0 radical (unpaired) electrons. The number of nitrogens with zero attached hydrogens (tertiary/aromatic N) is 7. The van der Waals surface area contributed by atoms with Gasteiger partial charge in [0.05, 0.1) is 11.4 Å². The summed E-state index contributed by atoms with van der Waals surface area (Å²) in [5.74, 6) is 1.03. The number of benzene rings is 1. The predicted octanol–water partition coefficient (Wildman–Crippen LogP) is 3.24. The van der Waals surface area contributed by atoms with Crippen LogP contribution in [-0.2, 0) is 20.0 Å². The van der Waals surface area contributed by atoms with Crippen molar-refractivity contribution in [2.45, 2.75) is 46.6 Å². The SMILES string of the molecule is CCCc1nn(C)c2c(=O)[nH]c(N(Cc3cccc(-n4cncn4)c3)CC(C)CC)nc12. The van der Waals surface area contributed by atoms with Gasteiger partial charge in [-0.15, -0.1) is 0 Å². The molecule has 3 aromatic heterocycles. The highest BCUT2D eigenvalue weighted by Crippen LogP contribution is 2.21. The Morgan fingerprint density at radius 2 is 2.09 bits per heavy atom. The van der Waals surface area contributed by atoms with Crippen LogP contribution in [0.5, 0.6) is 0 Å². The topological polar surface area (TPSA) is 97.5 Å². The van der Waals surface area contributed by atoms with Gasteiger partial charge in [-0.1, -0.05) is 45.7 Å². The van der Waals surface area contributed by atoms with Crippen molar-refractivity contribution in [3.05, 3.63) is 58.5 Å². The van der Waals surface area contributed by atoms with Crippen molar-refractivity contribution in [3.8, 4) is 5.69 Å². The lowest BCUT2D eigenvalue weighted by Crippen LogP contribution is -2.31. The highest BCUT2D eigenvalue weighted by Gasteiger charge is 2.19. The first kappa shape index (κ1) is 21.7. The van der Waals surface area contributed by atoms with Gasteiger partial charge in [-0.05, 0) is 30.0 Å². The Kier molecular flexibility index (Phi) is 6.34. The molecule has 1 N–H and O–H groups in total. The fourth-order valence-electron chi connectivity index (χ4n) is 3.88. The monoisotopic (exact) mass is 434 g/mol. The predicted molar refractivity (Wildman–Crippen MR) is 125 cm³/mol. The molecule has 0 amide bonds. The number of fused-ring (bicyclic) bond motifs is 1. The van der Waals surface area contributed by atoms with Crippen molar-refractivity contribution in [3.63, 3.8) is 0 Å². The molecular formula is C23H30N8O. The Morgan fingerprint density at radius 1 is 1.25 bits per heavy atom. The van der Waals surface area contributed by atoms with Crippen LogP contribution in [-0.4, -0.2) is 41.1 Å². The van der Waals surface area contributed by atoms with Gasteiger partial charge < -0.3 is 4.90 Å². The fraction of sp³-hybridized carbons (Fsp3) is 0.435. The highest BCUT2D eigenvalue weighted by atomic mass is 16.1. The molecule has 1 aromatic carbocycles. The molecule has 0 saturated heterocycles. The molecule has 32 heavy (non-hydrogen) atoms. The van der Waals surface area contributed by atoms with E-state index in [1.807, 2.05) is 12.1 Å². The maximum absolute atomic E-state index is 13.0. The molecule has 0 spiro atoms. The van der Waals surface area contributed by atoms with Crippen LogP contribution in [0.15, 0.2) is 41.7 Å². The molecular weight excluding hydrogens is 404 g/mol. The lowest BCUT2D eigenvalue weighted by atomic mass is 10.1. The first-order valence-corrected chi connectivity index (χ1v) is 11.1. The quantitative estimate of drug-likeness (QED) is 0.434. The molecule has 0 fully saturated rings. The molecule has 1 unspecified atom stereocenters. The maximum atomic E-state index is 13.0. The number of nitrogens with one attached hydrogen (secondary N) is 1. The molecule has 0 aliphatic carbocycles. The molecule has 4 aromatic rings. The van der Waals surface area contributed by atoms with E-state index in [4.69, 9.17) is 4.98 Å². The van der Waals surface area contributed by atoms with Gasteiger partial charge in [-0.3, -0.25) is 14.5 Å². The molecule has 9 nitrogen and oxygen atoms in total. The number of aryl methyl sites for hydroxylation is 2. The minimum Gasteiger partial charge on any atom is -0.338 e. The van der Waals surface area contributed by atoms with Crippen LogP contribution in [0, 0.1) is 5.92 Å². The summed E-state index contributed by atoms with van der Waals surface area (Å²) in [4.78, 5) is 27.0. The molecule has 0 saturated carbocycles. The summed E-state index contributed by atoms with van der Waals surface area (Å²) in [7, 11) is 1.80. The number of hydrogen-bond acceptors (Lipinski definition) is 6. The standard InChI is InChI=1S/C23H30N8O/c1-5-8-19-20-21(29(4)28-19)22(32)27-23(26-20)30(12-16(3)6-2)13-17-9-7-10-18(11-17)31-15-24-14-25-31/h7,9-11,14-16H,5-6,8,12-13H2,1-4H3,(H,26,27,32). The first-order valence-electron chi connectivity index (χ1n) is 11.1. The minimum absolute atomic E-state index is 0.159. The van der Waals surface area contributed by atoms with E-state index < -0.39 is 0 Å². The number of anilines is 1. The summed E-state index contributed by atoms with van der Waals surface area (Å²) in [6, 6.07) is 8.17. The first-order chi connectivity index (χ1) is 15.5. The minimum atomic E-state index is -0.159. The third kappa shape index (κ3) is 4.42. The molecule has 0 aliphatic rings. The Morgan fingerprint density at radius 3 is 2.81 bits per heavy atom. The zero-order valence-corrected chi connectivity index (χ0v) is 19.1. The van der Waals surface area contributed by atoms with Crippen molar-refractivity contribution < 1.29 is 0 Å². The van der Waals surface area contributed by atoms with Gasteiger partial charge >= 0.3 is 0 Å². The van der Waals surface area contributed by atoms with E-state index in [1.165, 1.54) is 6.33 Å². The number of hydrogen-bond donors (Lipinski definition) is 1. The normalized spacial score (nSPS) is 12.4. The Hall–Kier alpha value is -3.49. The van der Waals surface area contributed by atoms with Crippen molar-refractivity contribution in [1.29, 1.82) is 0 Å². The van der Waals surface area contributed by atoms with Crippen molar-refractivity contribution in [2.24, 2.45) is 13.0 Å². The van der Waals surface area contributed by atoms with Gasteiger partial charge in [0.2, 0.25) is 5.95 Å². The molecule has 9 heteroatoms. The van der Waals surface area contributed by atoms with Crippen LogP contribution >= 0.6 is 0 Å². The zero-order valence-electron chi connectivity index (χ0n) is 19.1. The molecule has 168 valence electrons. The smallest absolute Gasteiger partial charge is 0.278 e. The molecule has 4 rings (SSSR count). The van der Waals surface area contributed by atoms with E-state index in [2.05, 4.69) is 58.0 Å². The third-order valence-corrected chi connectivity index (χ3v) is 5.73. The summed E-state index contributed by atoms with van der Waals surface area (Å²) in [6.07, 6.45) is 5.98. The lowest BCUT2D eigenvalue weighted by Gasteiger charge is -2.26. The second-order valence-corrected chi connectivity index (χ2v) is 8.31. The van der Waals surface area contributed by atoms with Crippen molar-refractivity contribution in [2.75, 3.05) is 11.4 Å². The average molecular weight is 435 g/mol. The fourth-order valence-corrected chi connectivity index (χ4v) is 3.88. The van der Waals surface area contributed by atoms with Crippen LogP contribution in [0.25, 0.3) is 16.7 Å². The Balaban J connectivity index is 1.74.